The summed E-state index contributed by atoms with van der Waals surface area (Å²) in [5.41, 5.74) is 0. The van der Waals surface area contributed by atoms with Gasteiger partial charge in [0, 0.05) is 0 Å². The van der Waals surface area contributed by atoms with E-state index in [0.717, 1.165) is 0 Å². The topological polar surface area (TPSA) is 0 Å². The lowest BCUT2D eigenvalue weighted by Crippen LogP contribution is -2.17. The van der Waals surface area contributed by atoms with E-state index in [1.165, 1.54) is 12.3 Å². The first-order valence-electron chi connectivity index (χ1n) is 5.47. The molecule has 0 spiro atoms. The summed E-state index contributed by atoms with van der Waals surface area (Å²) < 4.78 is 0. The van der Waals surface area contributed by atoms with Crippen LogP contribution >= 0.6 is 15.8 Å². The van der Waals surface area contributed by atoms with Gasteiger partial charge in [-0.1, -0.05) is 41.5 Å². The lowest BCUT2D eigenvalue weighted by molar-refractivity contribution is 0.777. The van der Waals surface area contributed by atoms with E-state index in [1.807, 2.05) is 0 Å². The minimum absolute atomic E-state index is 0.215. The van der Waals surface area contributed by atoms with E-state index in [4.69, 9.17) is 0 Å². The smallest absolute Gasteiger partial charge is 0.0182 e. The number of hydrogen-bond acceptors (Lipinski definition) is 0. The van der Waals surface area contributed by atoms with Crippen LogP contribution in [0, 0.1) is 0 Å². The van der Waals surface area contributed by atoms with Crippen LogP contribution < -0.4 is 0 Å². The molecule has 0 bridgehead atoms. The van der Waals surface area contributed by atoms with Crippen LogP contribution in [-0.2, 0) is 0 Å². The van der Waals surface area contributed by atoms with Gasteiger partial charge in [0.2, 0.25) is 0 Å². The van der Waals surface area contributed by atoms with Gasteiger partial charge in [0.25, 0.3) is 0 Å². The zero-order valence-electron chi connectivity index (χ0n) is 11.3. The van der Waals surface area contributed by atoms with E-state index in [0.29, 0.717) is 10.3 Å². The normalized spacial score (nSPS) is 18.0. The van der Waals surface area contributed by atoms with Crippen molar-refractivity contribution in [3.05, 3.63) is 0 Å². The highest BCUT2D eigenvalue weighted by molar-refractivity contribution is 7.62. The molecule has 0 saturated heterocycles. The van der Waals surface area contributed by atoms with Crippen molar-refractivity contribution in [3.8, 4) is 0 Å². The van der Waals surface area contributed by atoms with E-state index in [-0.39, 0.29) is 15.8 Å². The maximum Gasteiger partial charge on any atom is -0.0182 e. The van der Waals surface area contributed by atoms with Crippen LogP contribution in [0.4, 0.5) is 0 Å². The summed E-state index contributed by atoms with van der Waals surface area (Å²) in [6.45, 7) is 19.2. The summed E-state index contributed by atoms with van der Waals surface area (Å²) in [6.07, 6.45) is 2.91. The van der Waals surface area contributed by atoms with E-state index >= 15 is 0 Å². The van der Waals surface area contributed by atoms with Gasteiger partial charge in [-0.25, -0.2) is 0 Å². The summed E-state index contributed by atoms with van der Waals surface area (Å²) in [5, 5.41) is 1.09. The SMILES string of the molecule is C[P@](CC[P@](C)C(C)(C)C)C(C)(C)C. The van der Waals surface area contributed by atoms with Crippen molar-refractivity contribution >= 4 is 15.8 Å². The summed E-state index contributed by atoms with van der Waals surface area (Å²) in [5.74, 6) is 0. The maximum atomic E-state index is 2.46. The van der Waals surface area contributed by atoms with E-state index < -0.39 is 0 Å². The molecule has 2 heteroatoms. The van der Waals surface area contributed by atoms with Crippen molar-refractivity contribution in [2.75, 3.05) is 25.7 Å². The van der Waals surface area contributed by atoms with Crippen molar-refractivity contribution in [2.45, 2.75) is 51.9 Å². The Kier molecular flexibility index (Phi) is 5.59. The quantitative estimate of drug-likeness (QED) is 0.615. The summed E-state index contributed by atoms with van der Waals surface area (Å²) in [6, 6.07) is 0. The van der Waals surface area contributed by atoms with Crippen LogP contribution in [-0.4, -0.2) is 36.0 Å². The Bertz CT molecular complexity index is 142. The Morgan fingerprint density at radius 2 is 0.857 bits per heavy atom. The second-order valence-electron chi connectivity index (χ2n) is 6.18. The van der Waals surface area contributed by atoms with Crippen molar-refractivity contribution in [1.29, 1.82) is 0 Å². The molecule has 0 saturated carbocycles. The molecule has 0 aliphatic rings. The molecule has 0 aromatic rings. The highest BCUT2D eigenvalue weighted by atomic mass is 31.1. The Morgan fingerprint density at radius 1 is 0.643 bits per heavy atom. The third-order valence-corrected chi connectivity index (χ3v) is 9.78. The standard InChI is InChI=1S/C12H28P2/c1-11(2,3)13(7)9-10-14(8)12(4,5)6/h9-10H2,1-8H3/t13-,14+. The van der Waals surface area contributed by atoms with Gasteiger partial charge in [0.05, 0.1) is 0 Å². The molecule has 14 heavy (non-hydrogen) atoms. The third-order valence-electron chi connectivity index (χ3n) is 3.06. The van der Waals surface area contributed by atoms with Crippen LogP contribution in [0.15, 0.2) is 0 Å². The fourth-order valence-electron chi connectivity index (χ4n) is 0.971. The van der Waals surface area contributed by atoms with Gasteiger partial charge in [-0.2, -0.15) is 0 Å². The van der Waals surface area contributed by atoms with Gasteiger partial charge >= 0.3 is 0 Å². The average Bonchev–Trinajstić information content (AvgIpc) is 1.95. The fourth-order valence-corrected chi connectivity index (χ4v) is 4.71. The lowest BCUT2D eigenvalue weighted by atomic mass is 10.3. The molecule has 0 unspecified atom stereocenters. The first kappa shape index (κ1) is 14.9. The van der Waals surface area contributed by atoms with Crippen molar-refractivity contribution in [1.82, 2.24) is 0 Å². The van der Waals surface area contributed by atoms with E-state index in [2.05, 4.69) is 54.9 Å². The molecule has 0 aromatic heterocycles. The predicted octanol–water partition coefficient (Wildman–Crippen LogP) is 4.81. The molecule has 0 aliphatic carbocycles. The monoisotopic (exact) mass is 234 g/mol. The molecule has 86 valence electrons. The molecule has 2 atom stereocenters. The molecule has 0 nitrogen and oxygen atoms in total. The number of rotatable bonds is 3. The van der Waals surface area contributed by atoms with Crippen molar-refractivity contribution in [2.24, 2.45) is 0 Å². The minimum atomic E-state index is 0.215. The van der Waals surface area contributed by atoms with Gasteiger partial charge in [-0.15, -0.1) is 15.8 Å². The molecule has 0 radical (unpaired) electrons. The van der Waals surface area contributed by atoms with Crippen molar-refractivity contribution < 1.29 is 0 Å². The average molecular weight is 234 g/mol. The Morgan fingerprint density at radius 3 is 1.00 bits per heavy atom. The molecule has 0 heterocycles. The van der Waals surface area contributed by atoms with Gasteiger partial charge < -0.3 is 0 Å². The van der Waals surface area contributed by atoms with Gasteiger partial charge in [0.1, 0.15) is 0 Å². The highest BCUT2D eigenvalue weighted by Crippen LogP contribution is 2.52. The largest absolute Gasteiger partial charge is 0.104 e. The molecule has 0 amide bonds. The molecule has 0 fully saturated rings. The third kappa shape index (κ3) is 5.67. The maximum absolute atomic E-state index is 2.46. The Hall–Kier alpha value is 0.860. The lowest BCUT2D eigenvalue weighted by Gasteiger charge is -2.33. The molecule has 0 aliphatic heterocycles. The predicted molar refractivity (Wildman–Crippen MR) is 74.9 cm³/mol. The van der Waals surface area contributed by atoms with Gasteiger partial charge in [0.15, 0.2) is 0 Å². The highest BCUT2D eigenvalue weighted by Gasteiger charge is 2.23. The number of hydrogen-bond donors (Lipinski definition) is 0. The second-order valence-corrected chi connectivity index (χ2v) is 12.6. The summed E-state index contributed by atoms with van der Waals surface area (Å²) in [7, 11) is 0.430. The Labute approximate surface area is 93.8 Å². The van der Waals surface area contributed by atoms with Crippen LogP contribution in [0.1, 0.15) is 41.5 Å². The molecular formula is C12H28P2. The minimum Gasteiger partial charge on any atom is -0.104 e. The first-order valence-corrected chi connectivity index (χ1v) is 9.42. The summed E-state index contributed by atoms with van der Waals surface area (Å²) >= 11 is 0. The Balaban J connectivity index is 3.96. The van der Waals surface area contributed by atoms with Crippen LogP contribution in [0.5, 0.6) is 0 Å². The fraction of sp³-hybridized carbons (Fsp3) is 1.00. The van der Waals surface area contributed by atoms with Crippen LogP contribution in [0.2, 0.25) is 0 Å². The van der Waals surface area contributed by atoms with Gasteiger partial charge in [-0.3, -0.25) is 0 Å². The molecule has 0 rings (SSSR count). The zero-order chi connectivity index (χ0) is 11.6. The van der Waals surface area contributed by atoms with Crippen LogP contribution in [0.25, 0.3) is 0 Å². The second kappa shape index (κ2) is 5.27. The zero-order valence-corrected chi connectivity index (χ0v) is 13.1. The van der Waals surface area contributed by atoms with E-state index in [1.54, 1.807) is 0 Å². The summed E-state index contributed by atoms with van der Waals surface area (Å²) in [4.78, 5) is 0. The van der Waals surface area contributed by atoms with E-state index in [9.17, 15) is 0 Å². The van der Waals surface area contributed by atoms with Gasteiger partial charge in [-0.05, 0) is 36.0 Å². The van der Waals surface area contributed by atoms with Crippen molar-refractivity contribution in [3.63, 3.8) is 0 Å². The molecular weight excluding hydrogens is 206 g/mol. The van der Waals surface area contributed by atoms with Crippen LogP contribution in [0.3, 0.4) is 0 Å². The molecule has 0 aromatic carbocycles. The first-order chi connectivity index (χ1) is 6.05. The molecule has 0 N–H and O–H groups in total.